The summed E-state index contributed by atoms with van der Waals surface area (Å²) < 4.78 is 68.3. The zero-order chi connectivity index (χ0) is 71.4. The largest absolute Gasteiger partial charge is 0.647 e. The summed E-state index contributed by atoms with van der Waals surface area (Å²) in [6.45, 7) is 29.2. The van der Waals surface area contributed by atoms with Crippen LogP contribution in [0.3, 0.4) is 0 Å². The van der Waals surface area contributed by atoms with E-state index in [4.69, 9.17) is 42.0 Å². The fourth-order valence-electron chi connectivity index (χ4n) is 11.9. The molecule has 3 aromatic rings. The molecule has 0 atom stereocenters. The summed E-state index contributed by atoms with van der Waals surface area (Å²) in [5.74, 6) is -1.26. The van der Waals surface area contributed by atoms with Crippen molar-refractivity contribution in [3.8, 4) is 17.2 Å². The number of carbonyl (C=O) groups is 6. The molecular formula is C81H117O16P. The topological polar surface area (TPSA) is 203 Å². The lowest BCUT2D eigenvalue weighted by atomic mass is 9.92. The molecule has 542 valence electrons. The second-order valence-electron chi connectivity index (χ2n) is 25.0. The minimum Gasteiger partial charge on any atom is -0.463 e. The number of hydrogen-bond acceptors (Lipinski definition) is 16. The number of unbranched alkanes of at least 4 members (excludes halogenated alkanes) is 24. The van der Waals surface area contributed by atoms with Crippen molar-refractivity contribution in [1.82, 2.24) is 0 Å². The summed E-state index contributed by atoms with van der Waals surface area (Å²) in [5, 5.41) is 0. The number of rotatable bonds is 60. The Kier molecular flexibility index (Phi) is 45.5. The van der Waals surface area contributed by atoms with Gasteiger partial charge < -0.3 is 42.0 Å². The van der Waals surface area contributed by atoms with E-state index in [1.165, 1.54) is 53.1 Å². The van der Waals surface area contributed by atoms with E-state index in [0.717, 1.165) is 265 Å². The highest BCUT2D eigenvalue weighted by molar-refractivity contribution is 7.49. The number of esters is 6. The quantitative estimate of drug-likeness (QED) is 0.0170. The van der Waals surface area contributed by atoms with E-state index < -0.39 is 43.6 Å². The molecule has 0 saturated carbocycles. The zero-order valence-corrected chi connectivity index (χ0v) is 60.7. The van der Waals surface area contributed by atoms with Gasteiger partial charge in [-0.3, -0.25) is 0 Å². The normalized spacial score (nSPS) is 11.0. The molecule has 3 rings (SSSR count). The Balaban J connectivity index is 2.13. The molecule has 0 amide bonds. The number of benzene rings is 3. The van der Waals surface area contributed by atoms with E-state index in [1.54, 1.807) is 0 Å². The summed E-state index contributed by atoms with van der Waals surface area (Å²) in [6.07, 6.45) is 39.4. The van der Waals surface area contributed by atoms with Gasteiger partial charge in [0, 0.05) is 36.5 Å². The van der Waals surface area contributed by atoms with Crippen molar-refractivity contribution < 1.29 is 75.3 Å². The third-order valence-corrected chi connectivity index (χ3v) is 18.8. The van der Waals surface area contributed by atoms with Crippen LogP contribution in [-0.4, -0.2) is 75.5 Å². The average Bonchev–Trinajstić information content (AvgIpc) is 0.788. The second kappa shape index (κ2) is 52.6. The molecule has 0 aliphatic heterocycles. The van der Waals surface area contributed by atoms with Crippen molar-refractivity contribution in [2.75, 3.05) is 39.6 Å². The van der Waals surface area contributed by atoms with Crippen LogP contribution in [0.25, 0.3) is 0 Å². The maximum Gasteiger partial charge on any atom is 0.647 e. The fourth-order valence-corrected chi connectivity index (χ4v) is 13.3. The number of phosphoric acid groups is 1. The highest BCUT2D eigenvalue weighted by Gasteiger charge is 2.36. The summed E-state index contributed by atoms with van der Waals surface area (Å²) in [5.41, 5.74) is 9.61. The highest BCUT2D eigenvalue weighted by atomic mass is 31.2. The van der Waals surface area contributed by atoms with Crippen molar-refractivity contribution in [3.05, 3.63) is 162 Å². The predicted octanol–water partition coefficient (Wildman–Crippen LogP) is 19.6. The molecule has 98 heavy (non-hydrogen) atoms. The van der Waals surface area contributed by atoms with Crippen LogP contribution in [-0.2, 0) is 100 Å². The molecule has 0 saturated heterocycles. The first-order valence-corrected chi connectivity index (χ1v) is 37.8. The van der Waals surface area contributed by atoms with Crippen molar-refractivity contribution in [3.63, 3.8) is 0 Å². The van der Waals surface area contributed by atoms with Crippen molar-refractivity contribution in [1.29, 1.82) is 0 Å². The average molecular weight is 1380 g/mol. The van der Waals surface area contributed by atoms with Gasteiger partial charge in [-0.2, -0.15) is 4.57 Å². The molecule has 0 radical (unpaired) electrons. The molecule has 0 unspecified atom stereocenters. The van der Waals surface area contributed by atoms with Crippen molar-refractivity contribution >= 4 is 43.6 Å². The third kappa shape index (κ3) is 36.4. The molecule has 0 heterocycles. The van der Waals surface area contributed by atoms with Gasteiger partial charge >= 0.3 is 43.6 Å². The molecule has 0 spiro atoms. The number of carbonyl (C=O) groups excluding carboxylic acids is 6. The minimum absolute atomic E-state index is 0.354. The van der Waals surface area contributed by atoms with Gasteiger partial charge in [0.1, 0.15) is 17.2 Å². The molecule has 0 N–H and O–H groups in total. The lowest BCUT2D eigenvalue weighted by molar-refractivity contribution is -0.138. The Bertz CT molecular complexity index is 2680. The Morgan fingerprint density at radius 1 is 0.276 bits per heavy atom. The van der Waals surface area contributed by atoms with Crippen LogP contribution in [0, 0.1) is 20.8 Å². The minimum atomic E-state index is -4.62. The summed E-state index contributed by atoms with van der Waals surface area (Å²) in [6, 6.07) is 12.0. The summed E-state index contributed by atoms with van der Waals surface area (Å²) in [4.78, 5) is 69.7. The Hall–Kier alpha value is -7.45. The van der Waals surface area contributed by atoms with Gasteiger partial charge in [-0.1, -0.05) is 173 Å². The summed E-state index contributed by atoms with van der Waals surface area (Å²) >= 11 is 0. The third-order valence-electron chi connectivity index (χ3n) is 17.5. The van der Waals surface area contributed by atoms with Crippen LogP contribution in [0.15, 0.2) is 112 Å². The van der Waals surface area contributed by atoms with E-state index in [-0.39, 0.29) is 0 Å². The van der Waals surface area contributed by atoms with Crippen LogP contribution in [0.5, 0.6) is 17.2 Å². The molecule has 0 aliphatic rings. The lowest BCUT2D eigenvalue weighted by Crippen LogP contribution is -2.12. The number of aryl methyl sites for hydroxylation is 3. The van der Waals surface area contributed by atoms with Crippen LogP contribution in [0.2, 0.25) is 0 Å². The zero-order valence-electron chi connectivity index (χ0n) is 59.8. The van der Waals surface area contributed by atoms with Crippen molar-refractivity contribution in [2.24, 2.45) is 0 Å². The number of ether oxygens (including phenoxy) is 6. The van der Waals surface area contributed by atoms with E-state index in [0.29, 0.717) is 56.9 Å². The van der Waals surface area contributed by atoms with Gasteiger partial charge in [0.25, 0.3) is 0 Å². The van der Waals surface area contributed by atoms with E-state index >= 15 is 4.57 Å². The van der Waals surface area contributed by atoms with Crippen LogP contribution < -0.4 is 13.6 Å². The molecule has 0 fully saturated rings. The smallest absolute Gasteiger partial charge is 0.463 e. The van der Waals surface area contributed by atoms with Gasteiger partial charge in [0.2, 0.25) is 0 Å². The molecule has 16 nitrogen and oxygen atoms in total. The van der Waals surface area contributed by atoms with Gasteiger partial charge in [-0.15, -0.1) is 0 Å². The summed E-state index contributed by atoms with van der Waals surface area (Å²) in [7, 11) is -4.62. The second-order valence-corrected chi connectivity index (χ2v) is 26.5. The van der Waals surface area contributed by atoms with Gasteiger partial charge in [-0.25, -0.2) is 28.8 Å². The van der Waals surface area contributed by atoms with Gasteiger partial charge in [-0.05, 0) is 205 Å². The monoisotopic (exact) mass is 1380 g/mol. The first-order valence-electron chi connectivity index (χ1n) is 36.3. The SMILES string of the molecule is C=CC(=O)OCCCCCCCc1ccc(OP(=O)(Oc2ccc(CCCCCCCOC(=O)C=C)c(CCCCCCCOC(=O)C=C)c2C)Oc2ccc(CCCCCCCOC(=O)C=C)c(CCCCCCCOC(=O)C=C)c2C)c(C)c1CCCCCCCOC(=O)C=C. The maximum atomic E-state index is 16.4. The maximum absolute atomic E-state index is 16.4. The first kappa shape index (κ1) is 84.8. The van der Waals surface area contributed by atoms with E-state index in [1.807, 2.05) is 39.0 Å². The van der Waals surface area contributed by atoms with Gasteiger partial charge in [0.15, 0.2) is 0 Å². The highest BCUT2D eigenvalue weighted by Crippen LogP contribution is 2.53. The fraction of sp³-hybridized carbons (Fsp3) is 0.556. The molecule has 0 bridgehead atoms. The Morgan fingerprint density at radius 3 is 0.643 bits per heavy atom. The molecule has 3 aromatic carbocycles. The van der Waals surface area contributed by atoms with Crippen LogP contribution in [0.1, 0.15) is 243 Å². The van der Waals surface area contributed by atoms with Crippen LogP contribution in [0.4, 0.5) is 0 Å². The Labute approximate surface area is 587 Å². The Morgan fingerprint density at radius 2 is 0.449 bits per heavy atom. The van der Waals surface area contributed by atoms with Crippen LogP contribution >= 0.6 is 7.82 Å². The first-order chi connectivity index (χ1) is 47.5. The standard InChI is InChI=1S/C81H117O16P/c1-10-76(82)89-58-40-28-16-22-34-46-67-52-55-73(64(7)70(67)49-37-25-19-31-43-61-92-79(85)13-4)95-98(88,96-74-56-53-68(47-35-23-17-29-41-59-90-77(83)11-2)71(65(74)8)50-38-26-20-32-44-62-93-80(86)14-5)97-75-57-54-69(48-36-24-18-30-42-60-91-78(84)12-3)72(66(75)9)51-39-27-21-33-45-63-94-81(87)15-6/h10-15,52-57H,1-6,16-51,58-63H2,7-9H3. The molecular weight excluding hydrogens is 1260 g/mol. The van der Waals surface area contributed by atoms with Crippen molar-refractivity contribution in [2.45, 2.75) is 252 Å². The van der Waals surface area contributed by atoms with Gasteiger partial charge in [0.05, 0.1) is 39.6 Å². The predicted molar refractivity (Wildman–Crippen MR) is 391 cm³/mol. The molecule has 0 aliphatic carbocycles. The number of phosphoric ester groups is 1. The molecule has 17 heteroatoms. The molecule has 0 aromatic heterocycles. The van der Waals surface area contributed by atoms with E-state index in [9.17, 15) is 28.8 Å². The number of hydrogen-bond donors (Lipinski definition) is 0. The lowest BCUT2D eigenvalue weighted by Gasteiger charge is -2.25. The van der Waals surface area contributed by atoms with E-state index in [2.05, 4.69) is 57.7 Å².